The van der Waals surface area contributed by atoms with Crippen LogP contribution in [-0.2, 0) is 23.9 Å². The van der Waals surface area contributed by atoms with Crippen LogP contribution in [0.1, 0.15) is 78.1 Å². The smallest absolute Gasteiger partial charge is 0.315 e. The number of allylic oxidation sites excluding steroid dienone is 6. The number of hydrogen-bond acceptors (Lipinski definition) is 9. The van der Waals surface area contributed by atoms with E-state index in [9.17, 15) is 34.5 Å². The highest BCUT2D eigenvalue weighted by atomic mass is 32.2. The Morgan fingerprint density at radius 3 is 2.53 bits per heavy atom. The third-order valence-corrected chi connectivity index (χ3v) is 12.5. The molecule has 3 aliphatic carbocycles. The number of rotatable bonds is 13. The number of hydrogen-bond donors (Lipinski definition) is 3. The molecular formula is C37H43N5O6S. The maximum absolute atomic E-state index is 13.6. The van der Waals surface area contributed by atoms with Crippen molar-refractivity contribution in [2.45, 2.75) is 95.4 Å². The maximum atomic E-state index is 13.6. The number of urea groups is 1. The molecular weight excluding hydrogens is 643 g/mol. The highest BCUT2D eigenvalue weighted by Crippen LogP contribution is 2.63. The molecule has 2 heterocycles. The molecule has 3 fully saturated rings. The molecule has 0 unspecified atom stereocenters. The number of esters is 1. The standard InChI is InChI=1S/C37H43N5O6S/c1-4-37-14-13-28-35(2,29(37)16-26(43)23(18-37)19-38)17-24(20-39)33(46)36(28,3)22-48-31(45)12-6-5-9-15-40-30(44)11-8-7-10-27-32-25(21-49-27)41-34(47)42-32/h1,16-18,25,27-28,32H,5-15,21-22H2,2-3H3,(H,40,44)(H2,41,42,47)/t25-,27-,28-,32-,35+,36+,37+/m0/s1. The van der Waals surface area contributed by atoms with Gasteiger partial charge in [-0.2, -0.15) is 22.3 Å². The molecule has 0 aromatic rings. The first kappa shape index (κ1) is 36.0. The van der Waals surface area contributed by atoms with Crippen LogP contribution in [0.3, 0.4) is 0 Å². The second-order valence-electron chi connectivity index (χ2n) is 14.2. The van der Waals surface area contributed by atoms with Crippen LogP contribution >= 0.6 is 11.8 Å². The summed E-state index contributed by atoms with van der Waals surface area (Å²) in [6.07, 6.45) is 16.6. The monoisotopic (exact) mass is 685 g/mol. The van der Waals surface area contributed by atoms with E-state index in [1.807, 2.05) is 30.8 Å². The molecule has 2 aliphatic heterocycles. The van der Waals surface area contributed by atoms with Gasteiger partial charge in [0.25, 0.3) is 0 Å². The summed E-state index contributed by atoms with van der Waals surface area (Å²) in [4.78, 5) is 63.0. The van der Waals surface area contributed by atoms with Gasteiger partial charge < -0.3 is 20.7 Å². The van der Waals surface area contributed by atoms with Gasteiger partial charge >= 0.3 is 12.0 Å². The van der Waals surface area contributed by atoms with E-state index in [0.29, 0.717) is 55.9 Å². The molecule has 3 N–H and O–H groups in total. The number of nitriles is 2. The summed E-state index contributed by atoms with van der Waals surface area (Å²) < 4.78 is 5.68. The predicted molar refractivity (Wildman–Crippen MR) is 182 cm³/mol. The lowest BCUT2D eigenvalue weighted by molar-refractivity contribution is -0.154. The third kappa shape index (κ3) is 7.05. The van der Waals surface area contributed by atoms with Crippen molar-refractivity contribution in [3.8, 4) is 24.5 Å². The van der Waals surface area contributed by atoms with Gasteiger partial charge in [0.2, 0.25) is 5.91 Å². The molecule has 0 spiro atoms. The Morgan fingerprint density at radius 2 is 1.80 bits per heavy atom. The van der Waals surface area contributed by atoms with Crippen molar-refractivity contribution >= 4 is 41.2 Å². The molecule has 11 nitrogen and oxygen atoms in total. The fraction of sp³-hybridized carbons (Fsp3) is 0.595. The van der Waals surface area contributed by atoms with Gasteiger partial charge in [0.15, 0.2) is 11.6 Å². The van der Waals surface area contributed by atoms with Crippen LogP contribution in [0.5, 0.6) is 0 Å². The van der Waals surface area contributed by atoms with Gasteiger partial charge in [-0.05, 0) is 69.1 Å². The first-order valence-electron chi connectivity index (χ1n) is 17.1. The van der Waals surface area contributed by atoms with Crippen molar-refractivity contribution in [2.75, 3.05) is 18.9 Å². The number of ketones is 2. The maximum Gasteiger partial charge on any atom is 0.315 e. The normalized spacial score (nSPS) is 32.7. The minimum absolute atomic E-state index is 0.00691. The highest BCUT2D eigenvalue weighted by Gasteiger charge is 2.61. The molecule has 258 valence electrons. The summed E-state index contributed by atoms with van der Waals surface area (Å²) >= 11 is 1.87. The van der Waals surface area contributed by atoms with E-state index in [2.05, 4.69) is 21.9 Å². The Bertz CT molecular complexity index is 1650. The van der Waals surface area contributed by atoms with Crippen LogP contribution in [0.2, 0.25) is 0 Å². The van der Waals surface area contributed by atoms with Gasteiger partial charge in [-0.15, -0.1) is 6.42 Å². The summed E-state index contributed by atoms with van der Waals surface area (Å²) in [6.45, 7) is 3.87. The Morgan fingerprint density at radius 1 is 1.04 bits per heavy atom. The minimum atomic E-state index is -1.22. The molecule has 3 amide bonds. The van der Waals surface area contributed by atoms with Crippen molar-refractivity contribution < 1.29 is 28.7 Å². The van der Waals surface area contributed by atoms with Crippen LogP contribution in [0.15, 0.2) is 34.9 Å². The number of amides is 3. The van der Waals surface area contributed by atoms with Gasteiger partial charge in [-0.3, -0.25) is 19.2 Å². The molecule has 0 aromatic carbocycles. The van der Waals surface area contributed by atoms with Crippen molar-refractivity contribution in [1.29, 1.82) is 10.5 Å². The number of Topliss-reactive ketones (excluding diaryl/α,β-unsaturated/α-hetero) is 1. The minimum Gasteiger partial charge on any atom is -0.465 e. The molecule has 2 saturated heterocycles. The molecule has 1 saturated carbocycles. The summed E-state index contributed by atoms with van der Waals surface area (Å²) in [7, 11) is 0. The predicted octanol–water partition coefficient (Wildman–Crippen LogP) is 3.97. The summed E-state index contributed by atoms with van der Waals surface area (Å²) in [5.74, 6) is 2.00. The number of carbonyl (C=O) groups excluding carboxylic acids is 5. The Kier molecular flexibility index (Phi) is 10.7. The van der Waals surface area contributed by atoms with Gasteiger partial charge in [0.1, 0.15) is 18.7 Å². The average Bonchev–Trinajstić information content (AvgIpc) is 3.64. The summed E-state index contributed by atoms with van der Waals surface area (Å²) in [6, 6.07) is 4.22. The van der Waals surface area contributed by atoms with Crippen LogP contribution in [0.25, 0.3) is 0 Å². The van der Waals surface area contributed by atoms with Gasteiger partial charge in [-0.1, -0.05) is 31.8 Å². The topological polar surface area (TPSA) is 178 Å². The van der Waals surface area contributed by atoms with E-state index in [1.54, 1.807) is 13.0 Å². The molecule has 0 aromatic heterocycles. The zero-order chi connectivity index (χ0) is 35.4. The quantitative estimate of drug-likeness (QED) is 0.112. The number of nitrogens with one attached hydrogen (secondary N) is 3. The summed E-state index contributed by atoms with van der Waals surface area (Å²) in [5, 5.41) is 28.6. The second-order valence-corrected chi connectivity index (χ2v) is 15.5. The van der Waals surface area contributed by atoms with Gasteiger partial charge in [-0.25, -0.2) is 4.79 Å². The number of fused-ring (bicyclic) bond motifs is 4. The van der Waals surface area contributed by atoms with Crippen molar-refractivity contribution in [3.05, 3.63) is 34.9 Å². The second kappa shape index (κ2) is 14.6. The molecule has 0 radical (unpaired) electrons. The van der Waals surface area contributed by atoms with Crippen molar-refractivity contribution in [3.63, 3.8) is 0 Å². The van der Waals surface area contributed by atoms with Crippen molar-refractivity contribution in [1.82, 2.24) is 16.0 Å². The summed E-state index contributed by atoms with van der Waals surface area (Å²) in [5.41, 5.74) is -2.69. The van der Waals surface area contributed by atoms with E-state index >= 15 is 0 Å². The number of carbonyl (C=O) groups is 5. The van der Waals surface area contributed by atoms with E-state index in [-0.39, 0.29) is 48.2 Å². The Labute approximate surface area is 291 Å². The molecule has 5 rings (SSSR count). The fourth-order valence-corrected chi connectivity index (χ4v) is 9.96. The lowest BCUT2D eigenvalue weighted by Crippen LogP contribution is -2.56. The van der Waals surface area contributed by atoms with E-state index in [4.69, 9.17) is 11.2 Å². The number of nitrogens with zero attached hydrogens (tertiary/aromatic N) is 2. The lowest BCUT2D eigenvalue weighted by Gasteiger charge is -2.56. The zero-order valence-corrected chi connectivity index (χ0v) is 28.9. The average molecular weight is 686 g/mol. The van der Waals surface area contributed by atoms with E-state index in [1.165, 1.54) is 12.2 Å². The SMILES string of the molecule is C#C[C@@]12C=C(C#N)C(=O)C=C1[C@]1(C)C=C(C#N)C(=O)[C@](C)(COC(=O)CCCCCNC(=O)CCCC[C@@H]3SC[C@@H]4NC(=O)N[C@@H]43)[C@H]1CC2. The van der Waals surface area contributed by atoms with Crippen LogP contribution in [-0.4, -0.2) is 65.7 Å². The Balaban J connectivity index is 1.05. The number of thioether (sulfide) groups is 1. The zero-order valence-electron chi connectivity index (χ0n) is 28.1. The van der Waals surface area contributed by atoms with Crippen LogP contribution < -0.4 is 16.0 Å². The number of ether oxygens (including phenoxy) is 1. The fourth-order valence-electron chi connectivity index (χ4n) is 8.42. The molecule has 49 heavy (non-hydrogen) atoms. The van der Waals surface area contributed by atoms with Crippen molar-refractivity contribution in [2.24, 2.45) is 22.2 Å². The van der Waals surface area contributed by atoms with E-state index < -0.39 is 39.7 Å². The highest BCUT2D eigenvalue weighted by molar-refractivity contribution is 8.00. The van der Waals surface area contributed by atoms with E-state index in [0.717, 1.165) is 25.0 Å². The molecule has 7 atom stereocenters. The van der Waals surface area contributed by atoms with Gasteiger partial charge in [0, 0.05) is 35.8 Å². The lowest BCUT2D eigenvalue weighted by atomic mass is 9.45. The number of terminal acetylenes is 1. The first-order valence-corrected chi connectivity index (χ1v) is 18.1. The number of unbranched alkanes of at least 4 members (excludes halogenated alkanes) is 3. The Hall–Kier alpha value is -4.34. The molecule has 12 heteroatoms. The third-order valence-electron chi connectivity index (χ3n) is 11.0. The molecule has 0 bridgehead atoms. The first-order chi connectivity index (χ1) is 23.4. The van der Waals surface area contributed by atoms with Gasteiger partial charge in [0.05, 0.1) is 34.1 Å². The largest absolute Gasteiger partial charge is 0.465 e. The molecule has 5 aliphatic rings. The van der Waals surface area contributed by atoms with Crippen LogP contribution in [0.4, 0.5) is 4.79 Å². The van der Waals surface area contributed by atoms with Crippen LogP contribution in [0, 0.1) is 57.2 Å².